The molecule has 6 nitrogen and oxygen atoms in total. The molecule has 2 unspecified atom stereocenters. The molecule has 1 aromatic heterocycles. The quantitative estimate of drug-likeness (QED) is 0.867. The van der Waals surface area contributed by atoms with Crippen molar-refractivity contribution in [2.24, 2.45) is 5.41 Å². The Morgan fingerprint density at radius 2 is 2.19 bits per heavy atom. The highest BCUT2D eigenvalue weighted by atomic mass is 16.5. The van der Waals surface area contributed by atoms with Crippen LogP contribution in [0.4, 0.5) is 0 Å². The normalized spacial score (nSPS) is 27.0. The molecule has 2 atom stereocenters. The minimum Gasteiger partial charge on any atom is -0.479 e. The average Bonchev–Trinajstić information content (AvgIpc) is 2.83. The van der Waals surface area contributed by atoms with Crippen molar-refractivity contribution in [3.63, 3.8) is 0 Å². The molecule has 6 heteroatoms. The van der Waals surface area contributed by atoms with E-state index >= 15 is 0 Å². The van der Waals surface area contributed by atoms with Gasteiger partial charge in [-0.3, -0.25) is 4.79 Å². The highest BCUT2D eigenvalue weighted by Gasteiger charge is 2.66. The molecule has 0 aromatic carbocycles. The van der Waals surface area contributed by atoms with E-state index < -0.39 is 22.8 Å². The van der Waals surface area contributed by atoms with E-state index in [-0.39, 0.29) is 12.5 Å². The Hall–Kier alpha value is -1.82. The molecule has 0 radical (unpaired) electrons. The van der Waals surface area contributed by atoms with Gasteiger partial charge in [0.1, 0.15) is 17.6 Å². The van der Waals surface area contributed by atoms with Gasteiger partial charge in [-0.05, 0) is 19.9 Å². The SMILES string of the molecule is CCOC1CC(NC(=O)c2coc(C)c2)(C(=O)O)C1(C)C. The van der Waals surface area contributed by atoms with Crippen LogP contribution in [0, 0.1) is 12.3 Å². The summed E-state index contributed by atoms with van der Waals surface area (Å²) < 4.78 is 10.6. The van der Waals surface area contributed by atoms with Gasteiger partial charge >= 0.3 is 5.97 Å². The fourth-order valence-corrected chi connectivity index (χ4v) is 2.87. The number of carboxylic acid groups (broad SMARTS) is 1. The third-order valence-corrected chi connectivity index (χ3v) is 4.45. The lowest BCUT2D eigenvalue weighted by atomic mass is 9.54. The van der Waals surface area contributed by atoms with E-state index in [2.05, 4.69) is 5.32 Å². The highest BCUT2D eigenvalue weighted by Crippen LogP contribution is 2.51. The molecule has 0 spiro atoms. The molecule has 116 valence electrons. The highest BCUT2D eigenvalue weighted by molar-refractivity contribution is 5.98. The number of rotatable bonds is 5. The van der Waals surface area contributed by atoms with Gasteiger partial charge in [-0.25, -0.2) is 4.79 Å². The first-order chi connectivity index (χ1) is 9.74. The lowest BCUT2D eigenvalue weighted by Gasteiger charge is -2.58. The van der Waals surface area contributed by atoms with Crippen molar-refractivity contribution in [3.8, 4) is 0 Å². The van der Waals surface area contributed by atoms with Crippen LogP contribution < -0.4 is 5.32 Å². The van der Waals surface area contributed by atoms with Crippen LogP contribution in [0.5, 0.6) is 0 Å². The summed E-state index contributed by atoms with van der Waals surface area (Å²) in [6.45, 7) is 7.70. The van der Waals surface area contributed by atoms with Crippen LogP contribution in [0.25, 0.3) is 0 Å². The average molecular weight is 295 g/mol. The van der Waals surface area contributed by atoms with Gasteiger partial charge in [-0.1, -0.05) is 13.8 Å². The monoisotopic (exact) mass is 295 g/mol. The van der Waals surface area contributed by atoms with Gasteiger partial charge in [0, 0.05) is 18.4 Å². The third-order valence-electron chi connectivity index (χ3n) is 4.45. The van der Waals surface area contributed by atoms with Crippen LogP contribution in [-0.4, -0.2) is 35.2 Å². The van der Waals surface area contributed by atoms with Gasteiger partial charge in [0.05, 0.1) is 11.7 Å². The van der Waals surface area contributed by atoms with Gasteiger partial charge in [0.15, 0.2) is 0 Å². The maximum atomic E-state index is 12.2. The van der Waals surface area contributed by atoms with E-state index in [9.17, 15) is 14.7 Å². The summed E-state index contributed by atoms with van der Waals surface area (Å²) in [4.78, 5) is 24.0. The number of nitrogens with one attached hydrogen (secondary N) is 1. The molecule has 1 heterocycles. The van der Waals surface area contributed by atoms with Crippen molar-refractivity contribution >= 4 is 11.9 Å². The first-order valence-corrected chi connectivity index (χ1v) is 6.97. The lowest BCUT2D eigenvalue weighted by molar-refractivity contribution is -0.190. The Morgan fingerprint density at radius 3 is 2.62 bits per heavy atom. The zero-order valence-electron chi connectivity index (χ0n) is 12.7. The van der Waals surface area contributed by atoms with Crippen LogP contribution in [0.2, 0.25) is 0 Å². The molecule has 1 aliphatic carbocycles. The summed E-state index contributed by atoms with van der Waals surface area (Å²) in [7, 11) is 0. The zero-order chi connectivity index (χ0) is 15.8. The second-order valence-corrected chi connectivity index (χ2v) is 5.98. The minimum absolute atomic E-state index is 0.190. The van der Waals surface area contributed by atoms with Gasteiger partial charge in [-0.2, -0.15) is 0 Å². The van der Waals surface area contributed by atoms with Crippen molar-refractivity contribution < 1.29 is 23.8 Å². The molecule has 2 N–H and O–H groups in total. The fraction of sp³-hybridized carbons (Fsp3) is 0.600. The number of aryl methyl sites for hydroxylation is 1. The van der Waals surface area contributed by atoms with Gasteiger partial charge in [0.25, 0.3) is 5.91 Å². The molecule has 0 aliphatic heterocycles. The zero-order valence-corrected chi connectivity index (χ0v) is 12.7. The molecule has 0 bridgehead atoms. The molecule has 1 amide bonds. The first-order valence-electron chi connectivity index (χ1n) is 6.97. The van der Waals surface area contributed by atoms with E-state index in [1.807, 2.05) is 6.92 Å². The van der Waals surface area contributed by atoms with Crippen LogP contribution in [0.1, 0.15) is 43.3 Å². The molecular formula is C15H21NO5. The van der Waals surface area contributed by atoms with Gasteiger partial charge < -0.3 is 19.6 Å². The fourth-order valence-electron chi connectivity index (χ4n) is 2.87. The van der Waals surface area contributed by atoms with E-state index in [0.717, 1.165) is 0 Å². The first kappa shape index (κ1) is 15.6. The Labute approximate surface area is 123 Å². The summed E-state index contributed by atoms with van der Waals surface area (Å²) in [6, 6.07) is 1.58. The van der Waals surface area contributed by atoms with Crippen molar-refractivity contribution in [2.75, 3.05) is 6.61 Å². The van der Waals surface area contributed by atoms with Crippen molar-refractivity contribution in [1.29, 1.82) is 0 Å². The summed E-state index contributed by atoms with van der Waals surface area (Å²) in [5.74, 6) is -0.890. The summed E-state index contributed by atoms with van der Waals surface area (Å²) in [5.41, 5.74) is -1.69. The molecule has 1 aromatic rings. The molecule has 21 heavy (non-hydrogen) atoms. The lowest BCUT2D eigenvalue weighted by Crippen LogP contribution is -2.76. The number of carbonyl (C=O) groups excluding carboxylic acids is 1. The van der Waals surface area contributed by atoms with Gasteiger partial charge in [0.2, 0.25) is 0 Å². The van der Waals surface area contributed by atoms with Crippen LogP contribution in [-0.2, 0) is 9.53 Å². The molecule has 1 fully saturated rings. The standard InChI is InChI=1S/C15H21NO5/c1-5-20-11-7-15(13(18)19,14(11,3)4)16-12(17)10-6-9(2)21-8-10/h6,8,11H,5,7H2,1-4H3,(H,16,17)(H,18,19). The van der Waals surface area contributed by atoms with Gasteiger partial charge in [-0.15, -0.1) is 0 Å². The van der Waals surface area contributed by atoms with Crippen LogP contribution in [0.3, 0.4) is 0 Å². The predicted molar refractivity (Wildman–Crippen MR) is 75.1 cm³/mol. The molecule has 1 aliphatic rings. The topological polar surface area (TPSA) is 88.8 Å². The van der Waals surface area contributed by atoms with E-state index in [0.29, 0.717) is 17.9 Å². The van der Waals surface area contributed by atoms with Crippen molar-refractivity contribution in [1.82, 2.24) is 5.32 Å². The minimum atomic E-state index is -1.32. The van der Waals surface area contributed by atoms with E-state index in [1.54, 1.807) is 26.8 Å². The number of ether oxygens (including phenoxy) is 1. The van der Waals surface area contributed by atoms with Crippen LogP contribution >= 0.6 is 0 Å². The summed E-state index contributed by atoms with van der Waals surface area (Å²) >= 11 is 0. The number of carboxylic acids is 1. The number of hydrogen-bond donors (Lipinski definition) is 2. The third kappa shape index (κ3) is 2.33. The molecule has 1 saturated carbocycles. The molecular weight excluding hydrogens is 274 g/mol. The Morgan fingerprint density at radius 1 is 1.52 bits per heavy atom. The molecule has 2 rings (SSSR count). The summed E-state index contributed by atoms with van der Waals surface area (Å²) in [6.07, 6.45) is 1.39. The number of furan rings is 1. The Kier molecular flexibility index (Phi) is 3.84. The maximum Gasteiger partial charge on any atom is 0.330 e. The summed E-state index contributed by atoms with van der Waals surface area (Å²) in [5, 5.41) is 12.3. The number of hydrogen-bond acceptors (Lipinski definition) is 4. The maximum absolute atomic E-state index is 12.2. The second kappa shape index (κ2) is 5.18. The second-order valence-electron chi connectivity index (χ2n) is 5.98. The van der Waals surface area contributed by atoms with Crippen molar-refractivity contribution in [2.45, 2.75) is 45.8 Å². The Balaban J connectivity index is 2.22. The smallest absolute Gasteiger partial charge is 0.330 e. The number of carbonyl (C=O) groups is 2. The predicted octanol–water partition coefficient (Wildman–Crippen LogP) is 1.98. The van der Waals surface area contributed by atoms with Crippen LogP contribution in [0.15, 0.2) is 16.7 Å². The van der Waals surface area contributed by atoms with E-state index in [1.165, 1.54) is 6.26 Å². The van der Waals surface area contributed by atoms with E-state index in [4.69, 9.17) is 9.15 Å². The largest absolute Gasteiger partial charge is 0.479 e. The Bertz CT molecular complexity index is 562. The number of aliphatic carboxylic acids is 1. The van der Waals surface area contributed by atoms with Crippen molar-refractivity contribution in [3.05, 3.63) is 23.7 Å². The number of amides is 1. The molecule has 0 saturated heterocycles.